The Bertz CT molecular complexity index is 381. The van der Waals surface area contributed by atoms with Crippen LogP contribution in [0.1, 0.15) is 62.2 Å². The first-order valence-electron chi connectivity index (χ1n) is 7.12. The molecule has 0 amide bonds. The zero-order valence-corrected chi connectivity index (χ0v) is 11.2. The average molecular weight is 250 g/mol. The van der Waals surface area contributed by atoms with Crippen LogP contribution in [0.25, 0.3) is 0 Å². The lowest BCUT2D eigenvalue weighted by atomic mass is 9.83. The Morgan fingerprint density at radius 2 is 1.72 bits per heavy atom. The minimum absolute atomic E-state index is 0.250. The summed E-state index contributed by atoms with van der Waals surface area (Å²) in [6.07, 6.45) is 7.87. The molecule has 1 unspecified atom stereocenters. The molecule has 0 saturated heterocycles. The second-order valence-corrected chi connectivity index (χ2v) is 5.55. The van der Waals surface area contributed by atoms with Gasteiger partial charge in [-0.1, -0.05) is 38.2 Å². The average Bonchev–Trinajstić information content (AvgIpc) is 2.31. The van der Waals surface area contributed by atoms with E-state index in [2.05, 4.69) is 0 Å². The van der Waals surface area contributed by atoms with E-state index in [0.29, 0.717) is 5.92 Å². The van der Waals surface area contributed by atoms with Crippen LogP contribution in [-0.4, -0.2) is 5.11 Å². The number of aryl methyl sites for hydroxylation is 1. The summed E-state index contributed by atoms with van der Waals surface area (Å²) >= 11 is 0. The largest absolute Gasteiger partial charge is 0.388 e. The zero-order chi connectivity index (χ0) is 13.0. The highest BCUT2D eigenvalue weighted by molar-refractivity contribution is 5.29. The molecule has 0 radical (unpaired) electrons. The van der Waals surface area contributed by atoms with E-state index < -0.39 is 6.10 Å². The minimum Gasteiger partial charge on any atom is -0.388 e. The van der Waals surface area contributed by atoms with Gasteiger partial charge in [-0.2, -0.15) is 0 Å². The standard InChI is InChI=1S/C16H23FO/c1-12-9-10-14(17)11-15(12)16(18)13-7-5-3-2-4-6-8-13/h9-11,13,16,18H,2-8H2,1H3. The van der Waals surface area contributed by atoms with Gasteiger partial charge in [0.25, 0.3) is 0 Å². The summed E-state index contributed by atoms with van der Waals surface area (Å²) in [5.41, 5.74) is 1.77. The third-order valence-electron chi connectivity index (χ3n) is 4.16. The van der Waals surface area contributed by atoms with Gasteiger partial charge in [-0.15, -0.1) is 0 Å². The van der Waals surface area contributed by atoms with Gasteiger partial charge in [-0.05, 0) is 48.9 Å². The molecule has 1 aliphatic carbocycles. The smallest absolute Gasteiger partial charge is 0.123 e. The topological polar surface area (TPSA) is 20.2 Å². The predicted octanol–water partition coefficient (Wildman–Crippen LogP) is 4.53. The van der Waals surface area contributed by atoms with E-state index in [4.69, 9.17) is 0 Å². The van der Waals surface area contributed by atoms with Crippen LogP contribution in [-0.2, 0) is 0 Å². The lowest BCUT2D eigenvalue weighted by Gasteiger charge is -2.26. The van der Waals surface area contributed by atoms with Gasteiger partial charge >= 0.3 is 0 Å². The molecular formula is C16H23FO. The van der Waals surface area contributed by atoms with Crippen molar-refractivity contribution in [3.63, 3.8) is 0 Å². The van der Waals surface area contributed by atoms with Gasteiger partial charge in [0.15, 0.2) is 0 Å². The maximum atomic E-state index is 13.3. The Hall–Kier alpha value is -0.890. The number of aliphatic hydroxyl groups excluding tert-OH is 1. The van der Waals surface area contributed by atoms with E-state index in [1.54, 1.807) is 6.07 Å². The van der Waals surface area contributed by atoms with Crippen molar-refractivity contribution in [3.8, 4) is 0 Å². The number of benzene rings is 1. The molecule has 100 valence electrons. The highest BCUT2D eigenvalue weighted by Crippen LogP contribution is 2.34. The van der Waals surface area contributed by atoms with Crippen LogP contribution in [0.15, 0.2) is 18.2 Å². The molecule has 2 heteroatoms. The highest BCUT2D eigenvalue weighted by Gasteiger charge is 2.23. The molecule has 0 heterocycles. The fraction of sp³-hybridized carbons (Fsp3) is 0.625. The summed E-state index contributed by atoms with van der Waals surface area (Å²) < 4.78 is 13.3. The lowest BCUT2D eigenvalue weighted by molar-refractivity contribution is 0.0904. The Kier molecular flexibility index (Phi) is 4.76. The van der Waals surface area contributed by atoms with Gasteiger partial charge in [-0.25, -0.2) is 4.39 Å². The number of hydrogen-bond donors (Lipinski definition) is 1. The molecule has 1 N–H and O–H groups in total. The Morgan fingerprint density at radius 1 is 1.11 bits per heavy atom. The first kappa shape index (κ1) is 13.5. The SMILES string of the molecule is Cc1ccc(F)cc1C(O)C1CCCCCCC1. The molecule has 0 bridgehead atoms. The number of halogens is 1. The van der Waals surface area contributed by atoms with Crippen LogP contribution in [0.5, 0.6) is 0 Å². The highest BCUT2D eigenvalue weighted by atomic mass is 19.1. The van der Waals surface area contributed by atoms with Crippen molar-refractivity contribution in [3.05, 3.63) is 35.1 Å². The fourth-order valence-corrected chi connectivity index (χ4v) is 2.99. The summed E-state index contributed by atoms with van der Waals surface area (Å²) in [5.74, 6) is 0.0475. The molecule has 1 fully saturated rings. The summed E-state index contributed by atoms with van der Waals surface area (Å²) in [4.78, 5) is 0. The molecule has 1 nitrogen and oxygen atoms in total. The third-order valence-corrected chi connectivity index (χ3v) is 4.16. The van der Waals surface area contributed by atoms with E-state index in [9.17, 15) is 9.50 Å². The minimum atomic E-state index is -0.501. The van der Waals surface area contributed by atoms with Crippen molar-refractivity contribution in [2.45, 2.75) is 58.0 Å². The maximum Gasteiger partial charge on any atom is 0.123 e. The number of hydrogen-bond acceptors (Lipinski definition) is 1. The van der Waals surface area contributed by atoms with Crippen molar-refractivity contribution in [1.29, 1.82) is 0 Å². The molecule has 18 heavy (non-hydrogen) atoms. The normalized spacial score (nSPS) is 20.2. The van der Waals surface area contributed by atoms with E-state index in [0.717, 1.165) is 24.0 Å². The Morgan fingerprint density at radius 3 is 2.39 bits per heavy atom. The lowest BCUT2D eigenvalue weighted by Crippen LogP contribution is -2.15. The molecular weight excluding hydrogens is 227 g/mol. The van der Waals surface area contributed by atoms with Gasteiger partial charge in [0.1, 0.15) is 5.82 Å². The summed E-state index contributed by atoms with van der Waals surface area (Å²) in [6, 6.07) is 4.72. The third kappa shape index (κ3) is 3.32. The van der Waals surface area contributed by atoms with Crippen LogP contribution >= 0.6 is 0 Å². The molecule has 1 atom stereocenters. The second kappa shape index (κ2) is 6.33. The fourth-order valence-electron chi connectivity index (χ4n) is 2.99. The maximum absolute atomic E-state index is 13.3. The summed E-state index contributed by atoms with van der Waals surface area (Å²) in [7, 11) is 0. The van der Waals surface area contributed by atoms with Crippen LogP contribution in [0.4, 0.5) is 4.39 Å². The molecule has 0 aliphatic heterocycles. The van der Waals surface area contributed by atoms with Crippen molar-refractivity contribution in [2.75, 3.05) is 0 Å². The quantitative estimate of drug-likeness (QED) is 0.817. The molecule has 1 aliphatic rings. The van der Waals surface area contributed by atoms with Crippen molar-refractivity contribution >= 4 is 0 Å². The Labute approximate surface area is 109 Å². The van der Waals surface area contributed by atoms with Crippen LogP contribution in [0.3, 0.4) is 0 Å². The van der Waals surface area contributed by atoms with E-state index in [1.165, 1.54) is 44.2 Å². The number of aliphatic hydroxyl groups is 1. The van der Waals surface area contributed by atoms with E-state index in [1.807, 2.05) is 6.92 Å². The van der Waals surface area contributed by atoms with Crippen LogP contribution in [0, 0.1) is 18.7 Å². The molecule has 1 aromatic rings. The molecule has 0 aromatic heterocycles. The second-order valence-electron chi connectivity index (χ2n) is 5.55. The zero-order valence-electron chi connectivity index (χ0n) is 11.2. The summed E-state index contributed by atoms with van der Waals surface area (Å²) in [5, 5.41) is 10.5. The van der Waals surface area contributed by atoms with Gasteiger partial charge < -0.3 is 5.11 Å². The monoisotopic (exact) mass is 250 g/mol. The van der Waals surface area contributed by atoms with Crippen molar-refractivity contribution in [1.82, 2.24) is 0 Å². The van der Waals surface area contributed by atoms with Gasteiger partial charge in [0.2, 0.25) is 0 Å². The number of rotatable bonds is 2. The Balaban J connectivity index is 2.12. The molecule has 1 aromatic carbocycles. The molecule has 1 saturated carbocycles. The van der Waals surface area contributed by atoms with Crippen molar-refractivity contribution < 1.29 is 9.50 Å². The van der Waals surface area contributed by atoms with Crippen LogP contribution < -0.4 is 0 Å². The molecule has 0 spiro atoms. The van der Waals surface area contributed by atoms with Crippen LogP contribution in [0.2, 0.25) is 0 Å². The van der Waals surface area contributed by atoms with Gasteiger partial charge in [0, 0.05) is 0 Å². The van der Waals surface area contributed by atoms with Gasteiger partial charge in [0.05, 0.1) is 6.10 Å². The first-order valence-corrected chi connectivity index (χ1v) is 7.12. The summed E-state index contributed by atoms with van der Waals surface area (Å²) in [6.45, 7) is 1.95. The van der Waals surface area contributed by atoms with E-state index in [-0.39, 0.29) is 5.82 Å². The predicted molar refractivity (Wildman–Crippen MR) is 71.9 cm³/mol. The van der Waals surface area contributed by atoms with E-state index >= 15 is 0 Å². The molecule has 2 rings (SSSR count). The first-order chi connectivity index (χ1) is 8.68. The van der Waals surface area contributed by atoms with Crippen molar-refractivity contribution in [2.24, 2.45) is 5.92 Å². The van der Waals surface area contributed by atoms with Gasteiger partial charge in [-0.3, -0.25) is 0 Å².